The summed E-state index contributed by atoms with van der Waals surface area (Å²) < 4.78 is 46.0. The van der Waals surface area contributed by atoms with E-state index in [4.69, 9.17) is 10.5 Å². The Hall–Kier alpha value is -2.91. The van der Waals surface area contributed by atoms with E-state index in [1.54, 1.807) is 12.3 Å². The van der Waals surface area contributed by atoms with Gasteiger partial charge in [-0.05, 0) is 62.2 Å². The third-order valence-corrected chi connectivity index (χ3v) is 5.91. The van der Waals surface area contributed by atoms with Gasteiger partial charge < -0.3 is 20.7 Å². The predicted octanol–water partition coefficient (Wildman–Crippen LogP) is 4.50. The molecular formula is C23H26F3N5O. The van der Waals surface area contributed by atoms with Crippen molar-refractivity contribution in [3.05, 3.63) is 59.3 Å². The predicted molar refractivity (Wildman–Crippen MR) is 117 cm³/mol. The Bertz CT molecular complexity index is 1100. The van der Waals surface area contributed by atoms with Gasteiger partial charge in [-0.1, -0.05) is 12.1 Å². The zero-order valence-electron chi connectivity index (χ0n) is 18.0. The van der Waals surface area contributed by atoms with E-state index in [2.05, 4.69) is 27.5 Å². The van der Waals surface area contributed by atoms with Crippen LogP contribution < -0.4 is 15.8 Å². The molecule has 0 spiro atoms. The number of hydrogen-bond acceptors (Lipinski definition) is 6. The summed E-state index contributed by atoms with van der Waals surface area (Å²) in [6.07, 6.45) is -1.66. The van der Waals surface area contributed by atoms with Crippen LogP contribution in [-0.4, -0.2) is 41.3 Å². The summed E-state index contributed by atoms with van der Waals surface area (Å²) in [5.41, 5.74) is 5.97. The van der Waals surface area contributed by atoms with Gasteiger partial charge in [-0.15, -0.1) is 5.10 Å². The van der Waals surface area contributed by atoms with Gasteiger partial charge in [0.05, 0.1) is 11.8 Å². The van der Waals surface area contributed by atoms with Gasteiger partial charge in [0.2, 0.25) is 0 Å². The molecule has 1 atom stereocenters. The maximum Gasteiger partial charge on any atom is 0.416 e. The average Bonchev–Trinajstić information content (AvgIpc) is 2.75. The Morgan fingerprint density at radius 1 is 1.19 bits per heavy atom. The minimum Gasteiger partial charge on any atom is -0.490 e. The van der Waals surface area contributed by atoms with Crippen LogP contribution in [0.25, 0.3) is 10.8 Å². The van der Waals surface area contributed by atoms with Crippen molar-refractivity contribution in [2.75, 3.05) is 25.5 Å². The van der Waals surface area contributed by atoms with E-state index in [9.17, 15) is 13.2 Å². The summed E-state index contributed by atoms with van der Waals surface area (Å²) >= 11 is 0. The van der Waals surface area contributed by atoms with Crippen LogP contribution in [0.15, 0.2) is 42.6 Å². The van der Waals surface area contributed by atoms with E-state index in [1.165, 1.54) is 13.0 Å². The molecule has 0 bridgehead atoms. The van der Waals surface area contributed by atoms with Crippen LogP contribution in [0.5, 0.6) is 5.75 Å². The van der Waals surface area contributed by atoms with Crippen LogP contribution in [0.3, 0.4) is 0 Å². The summed E-state index contributed by atoms with van der Waals surface area (Å²) in [4.78, 5) is 2.27. The van der Waals surface area contributed by atoms with Crippen LogP contribution in [0.4, 0.5) is 19.0 Å². The molecule has 2 aromatic carbocycles. The monoisotopic (exact) mass is 445 g/mol. The lowest BCUT2D eigenvalue weighted by Crippen LogP contribution is -2.35. The first-order valence-corrected chi connectivity index (χ1v) is 10.5. The number of aromatic nitrogens is 2. The number of piperidine rings is 1. The summed E-state index contributed by atoms with van der Waals surface area (Å²) in [7, 11) is 2.10. The molecule has 0 saturated carbocycles. The highest BCUT2D eigenvalue weighted by Gasteiger charge is 2.33. The van der Waals surface area contributed by atoms with Crippen molar-refractivity contribution in [1.82, 2.24) is 15.1 Å². The fraction of sp³-hybridized carbons (Fsp3) is 0.391. The first kappa shape index (κ1) is 22.3. The standard InChI is InChI=1S/C23H26F3N5O/c1-14-18(4-3-5-20(14)23(24,25)26)21(27)29-22-19-12-17(7-6-15(19)13-28-30-22)32-16-8-10-31(2)11-9-16/h3-7,12-13,16,21H,8-11,27H2,1-2H3,(H,29,30)/t21-/m0/s1. The minimum absolute atomic E-state index is 0.0829. The van der Waals surface area contributed by atoms with E-state index in [0.29, 0.717) is 17.1 Å². The van der Waals surface area contributed by atoms with Gasteiger partial charge in [-0.25, -0.2) is 0 Å². The number of fused-ring (bicyclic) bond motifs is 1. The number of nitrogens with zero attached hydrogens (tertiary/aromatic N) is 3. The number of ether oxygens (including phenoxy) is 1. The first-order valence-electron chi connectivity index (χ1n) is 10.5. The van der Waals surface area contributed by atoms with Crippen LogP contribution in [0.1, 0.15) is 35.7 Å². The molecule has 1 aliphatic rings. The molecule has 1 fully saturated rings. The third-order valence-electron chi connectivity index (χ3n) is 5.91. The molecule has 4 rings (SSSR count). The molecule has 32 heavy (non-hydrogen) atoms. The molecule has 1 aliphatic heterocycles. The van der Waals surface area contributed by atoms with Crippen molar-refractivity contribution in [3.8, 4) is 5.75 Å². The molecule has 0 aliphatic carbocycles. The highest BCUT2D eigenvalue weighted by molar-refractivity contribution is 5.92. The SMILES string of the molecule is Cc1c([C@@H](N)Nc2nncc3ccc(OC4CCN(C)CC4)cc23)cccc1C(F)(F)F. The molecule has 0 amide bonds. The summed E-state index contributed by atoms with van der Waals surface area (Å²) in [5.74, 6) is 1.10. The molecule has 1 aromatic heterocycles. The molecule has 0 radical (unpaired) electrons. The van der Waals surface area contributed by atoms with Crippen LogP contribution in [-0.2, 0) is 6.18 Å². The third kappa shape index (κ3) is 4.78. The van der Waals surface area contributed by atoms with E-state index < -0.39 is 17.9 Å². The number of alkyl halides is 3. The van der Waals surface area contributed by atoms with E-state index in [0.717, 1.165) is 42.8 Å². The highest BCUT2D eigenvalue weighted by Crippen LogP contribution is 2.35. The van der Waals surface area contributed by atoms with Crippen LogP contribution in [0.2, 0.25) is 0 Å². The molecule has 3 N–H and O–H groups in total. The Kier molecular flexibility index (Phi) is 6.21. The summed E-state index contributed by atoms with van der Waals surface area (Å²) in [6.45, 7) is 3.39. The lowest BCUT2D eigenvalue weighted by Gasteiger charge is -2.29. The largest absolute Gasteiger partial charge is 0.490 e. The second-order valence-electron chi connectivity index (χ2n) is 8.20. The van der Waals surface area contributed by atoms with Crippen molar-refractivity contribution >= 4 is 16.6 Å². The smallest absolute Gasteiger partial charge is 0.416 e. The van der Waals surface area contributed by atoms with E-state index in [-0.39, 0.29) is 11.7 Å². The minimum atomic E-state index is -4.45. The van der Waals surface area contributed by atoms with Gasteiger partial charge in [0, 0.05) is 23.9 Å². The number of anilines is 1. The number of likely N-dealkylation sites (tertiary alicyclic amines) is 1. The number of nitrogens with two attached hydrogens (primary N) is 1. The quantitative estimate of drug-likeness (QED) is 0.564. The number of halogens is 3. The van der Waals surface area contributed by atoms with Crippen LogP contribution in [0, 0.1) is 6.92 Å². The molecule has 6 nitrogen and oxygen atoms in total. The summed E-state index contributed by atoms with van der Waals surface area (Å²) in [5, 5.41) is 12.7. The van der Waals surface area contributed by atoms with Gasteiger partial charge >= 0.3 is 6.18 Å². The number of nitrogens with one attached hydrogen (secondary N) is 1. The van der Waals surface area contributed by atoms with Crippen molar-refractivity contribution in [2.45, 2.75) is 38.2 Å². The van der Waals surface area contributed by atoms with Crippen LogP contribution >= 0.6 is 0 Å². The number of hydrogen-bond donors (Lipinski definition) is 2. The maximum absolute atomic E-state index is 13.3. The number of rotatable bonds is 5. The van der Waals surface area contributed by atoms with Gasteiger partial charge in [-0.3, -0.25) is 0 Å². The second-order valence-corrected chi connectivity index (χ2v) is 8.20. The number of benzene rings is 2. The molecule has 1 saturated heterocycles. The van der Waals surface area contributed by atoms with Gasteiger partial charge in [0.15, 0.2) is 5.82 Å². The van der Waals surface area contributed by atoms with Gasteiger partial charge in [0.1, 0.15) is 18.0 Å². The maximum atomic E-state index is 13.3. The Balaban J connectivity index is 1.59. The molecule has 2 heterocycles. The van der Waals surface area contributed by atoms with Crippen molar-refractivity contribution in [3.63, 3.8) is 0 Å². The zero-order chi connectivity index (χ0) is 22.9. The second kappa shape index (κ2) is 8.91. The van der Waals surface area contributed by atoms with Crippen molar-refractivity contribution < 1.29 is 17.9 Å². The molecule has 0 unspecified atom stereocenters. The molecule has 9 heteroatoms. The molecule has 3 aromatic rings. The first-order chi connectivity index (χ1) is 15.2. The zero-order valence-corrected chi connectivity index (χ0v) is 18.0. The Morgan fingerprint density at radius 3 is 2.66 bits per heavy atom. The van der Waals surface area contributed by atoms with Gasteiger partial charge in [0.25, 0.3) is 0 Å². The average molecular weight is 445 g/mol. The lowest BCUT2D eigenvalue weighted by molar-refractivity contribution is -0.138. The Morgan fingerprint density at radius 2 is 1.94 bits per heavy atom. The van der Waals surface area contributed by atoms with Crippen molar-refractivity contribution in [2.24, 2.45) is 5.73 Å². The molecular weight excluding hydrogens is 419 g/mol. The van der Waals surface area contributed by atoms with Crippen molar-refractivity contribution in [1.29, 1.82) is 0 Å². The molecule has 170 valence electrons. The van der Waals surface area contributed by atoms with E-state index in [1.807, 2.05) is 18.2 Å². The van der Waals surface area contributed by atoms with Gasteiger partial charge in [-0.2, -0.15) is 18.3 Å². The topological polar surface area (TPSA) is 76.3 Å². The fourth-order valence-corrected chi connectivity index (χ4v) is 4.05. The summed E-state index contributed by atoms with van der Waals surface area (Å²) in [6, 6.07) is 9.64. The lowest BCUT2D eigenvalue weighted by atomic mass is 10.00. The normalized spacial score (nSPS) is 16.8. The van der Waals surface area contributed by atoms with E-state index >= 15 is 0 Å². The highest BCUT2D eigenvalue weighted by atomic mass is 19.4. The fourth-order valence-electron chi connectivity index (χ4n) is 4.05. The Labute approximate surface area is 184 Å².